The van der Waals surface area contributed by atoms with E-state index in [2.05, 4.69) is 55.9 Å². The van der Waals surface area contributed by atoms with Crippen LogP contribution in [0.3, 0.4) is 0 Å². The number of piperidine rings is 1. The molecule has 13 heteroatoms. The second-order valence-electron chi connectivity index (χ2n) is 12.4. The van der Waals surface area contributed by atoms with Gasteiger partial charge in [0, 0.05) is 69.4 Å². The quantitative estimate of drug-likeness (QED) is 0.305. The minimum absolute atomic E-state index is 0.321. The molecule has 0 bridgehead atoms. The lowest BCUT2D eigenvalue weighted by molar-refractivity contribution is -0.111. The maximum Gasteiger partial charge on any atom is 0.247 e. The summed E-state index contributed by atoms with van der Waals surface area (Å²) >= 11 is 0. The molecule has 0 radical (unpaired) electrons. The average Bonchev–Trinajstić information content (AvgIpc) is 3.55. The normalized spacial score (nSPS) is 21.1. The number of carbonyl (C=O) groups is 1. The maximum absolute atomic E-state index is 14.0. The van der Waals surface area contributed by atoms with Crippen LogP contribution in [-0.4, -0.2) is 91.2 Å². The topological polar surface area (TPSA) is 98.3 Å². The molecule has 11 nitrogen and oxygen atoms in total. The molecule has 3 aromatic rings. The van der Waals surface area contributed by atoms with Crippen molar-refractivity contribution >= 4 is 34.6 Å². The van der Waals surface area contributed by atoms with Crippen molar-refractivity contribution in [2.75, 3.05) is 74.1 Å². The number of piperazine rings is 1. The van der Waals surface area contributed by atoms with Crippen molar-refractivity contribution in [1.29, 1.82) is 0 Å². The van der Waals surface area contributed by atoms with Gasteiger partial charge in [-0.05, 0) is 56.7 Å². The average molecular weight is 649 g/mol. The first-order valence-electron chi connectivity index (χ1n) is 16.0. The van der Waals surface area contributed by atoms with Crippen LogP contribution in [0.4, 0.5) is 37.5 Å². The van der Waals surface area contributed by atoms with Crippen LogP contribution >= 0.6 is 0 Å². The lowest BCUT2D eigenvalue weighted by Crippen LogP contribution is -2.56. The number of halogens is 2. The van der Waals surface area contributed by atoms with Gasteiger partial charge in [0.1, 0.15) is 29.5 Å². The van der Waals surface area contributed by atoms with E-state index in [0.29, 0.717) is 59.4 Å². The zero-order chi connectivity index (χ0) is 33.1. The van der Waals surface area contributed by atoms with Crippen molar-refractivity contribution < 1.29 is 23.1 Å². The van der Waals surface area contributed by atoms with Crippen LogP contribution in [0.15, 0.2) is 55.4 Å². The van der Waals surface area contributed by atoms with E-state index in [1.165, 1.54) is 24.5 Å². The number of rotatable bonds is 9. The number of benzene rings is 2. The van der Waals surface area contributed by atoms with Crippen LogP contribution in [0.2, 0.25) is 0 Å². The Balaban J connectivity index is 1.23. The van der Waals surface area contributed by atoms with E-state index in [4.69, 9.17) is 9.57 Å². The molecule has 47 heavy (non-hydrogen) atoms. The standard InChI is InChI=1S/C34H42F2N8O3/c1-5-34(45)40-27-17-28(31(46-4)18-30(27)42-9-6-26(7-10-42)43-12-11-41(3)20-22(43)2)39-32-19-33(38-21-37-32)44-29(8-13-47-44)23-14-24(35)16-25(36)15-23/h5,14-19,21-22,26,29H,1,6-13,20H2,2-4H3,(H,40,45)(H,37,38,39). The third-order valence-electron chi connectivity index (χ3n) is 9.23. The number of amides is 1. The number of carbonyl (C=O) groups excluding carboxylic acids is 1. The third-order valence-corrected chi connectivity index (χ3v) is 9.23. The van der Waals surface area contributed by atoms with E-state index in [0.717, 1.165) is 57.3 Å². The van der Waals surface area contributed by atoms with Crippen LogP contribution in [0.25, 0.3) is 0 Å². The summed E-state index contributed by atoms with van der Waals surface area (Å²) in [5.41, 5.74) is 2.52. The summed E-state index contributed by atoms with van der Waals surface area (Å²) in [6, 6.07) is 9.51. The molecule has 0 aliphatic carbocycles. The van der Waals surface area contributed by atoms with Gasteiger partial charge in [0.2, 0.25) is 5.91 Å². The van der Waals surface area contributed by atoms with Crippen molar-refractivity contribution in [3.63, 3.8) is 0 Å². The van der Waals surface area contributed by atoms with Gasteiger partial charge in [-0.3, -0.25) is 14.5 Å². The van der Waals surface area contributed by atoms with Crippen molar-refractivity contribution in [2.45, 2.75) is 44.3 Å². The number of anilines is 5. The summed E-state index contributed by atoms with van der Waals surface area (Å²) < 4.78 is 33.8. The van der Waals surface area contributed by atoms with E-state index < -0.39 is 17.7 Å². The lowest BCUT2D eigenvalue weighted by atomic mass is 9.99. The Hall–Kier alpha value is -4.33. The molecular weight excluding hydrogens is 606 g/mol. The van der Waals surface area contributed by atoms with Crippen LogP contribution < -0.4 is 25.3 Å². The number of hydroxylamine groups is 1. The molecule has 0 saturated carbocycles. The first kappa shape index (κ1) is 32.6. The number of likely N-dealkylation sites (N-methyl/N-ethyl adjacent to an activating group) is 1. The molecule has 2 atom stereocenters. The van der Waals surface area contributed by atoms with Crippen LogP contribution in [-0.2, 0) is 9.63 Å². The molecular formula is C34H42F2N8O3. The first-order chi connectivity index (χ1) is 22.7. The van der Waals surface area contributed by atoms with E-state index in [1.807, 2.05) is 12.1 Å². The fourth-order valence-electron chi connectivity index (χ4n) is 6.96. The minimum Gasteiger partial charge on any atom is -0.494 e. The van der Waals surface area contributed by atoms with Gasteiger partial charge in [-0.2, -0.15) is 0 Å². The molecule has 3 aliphatic rings. The molecule has 6 rings (SSSR count). The monoisotopic (exact) mass is 648 g/mol. The Morgan fingerprint density at radius 1 is 1.02 bits per heavy atom. The van der Waals surface area contributed by atoms with E-state index >= 15 is 0 Å². The van der Waals surface area contributed by atoms with Gasteiger partial charge in [0.05, 0.1) is 36.8 Å². The molecule has 2 aromatic carbocycles. The number of nitrogens with zero attached hydrogens (tertiary/aromatic N) is 6. The lowest BCUT2D eigenvalue weighted by Gasteiger charge is -2.46. The SMILES string of the molecule is C=CC(=O)Nc1cc(Nc2cc(N3OCCC3c3cc(F)cc(F)c3)ncn2)c(OC)cc1N1CCC(N2CCN(C)CC2C)CC1. The summed E-state index contributed by atoms with van der Waals surface area (Å²) in [6.07, 6.45) is 5.21. The highest BCUT2D eigenvalue weighted by Crippen LogP contribution is 2.41. The zero-order valence-corrected chi connectivity index (χ0v) is 27.1. The smallest absolute Gasteiger partial charge is 0.247 e. The predicted octanol–water partition coefficient (Wildman–Crippen LogP) is 5.12. The number of ether oxygens (including phenoxy) is 1. The van der Waals surface area contributed by atoms with Crippen LogP contribution in [0, 0.1) is 11.6 Å². The number of methoxy groups -OCH3 is 1. The van der Waals surface area contributed by atoms with Crippen LogP contribution in [0.1, 0.15) is 37.8 Å². The summed E-state index contributed by atoms with van der Waals surface area (Å²) in [5, 5.41) is 7.82. The minimum atomic E-state index is -0.652. The highest BCUT2D eigenvalue weighted by Gasteiger charge is 2.32. The molecule has 3 saturated heterocycles. The van der Waals surface area contributed by atoms with E-state index in [9.17, 15) is 13.6 Å². The Morgan fingerprint density at radius 2 is 1.79 bits per heavy atom. The highest BCUT2D eigenvalue weighted by atomic mass is 19.1. The molecule has 1 amide bonds. The van der Waals surface area contributed by atoms with Gasteiger partial charge in [0.25, 0.3) is 0 Å². The largest absolute Gasteiger partial charge is 0.494 e. The molecule has 0 spiro atoms. The van der Waals surface area contributed by atoms with Gasteiger partial charge in [-0.25, -0.2) is 23.8 Å². The number of hydrogen-bond donors (Lipinski definition) is 2. The van der Waals surface area contributed by atoms with E-state index in [1.54, 1.807) is 18.2 Å². The molecule has 250 valence electrons. The summed E-state index contributed by atoms with van der Waals surface area (Å²) in [7, 11) is 3.78. The van der Waals surface area contributed by atoms with Crippen molar-refractivity contribution in [3.8, 4) is 5.75 Å². The van der Waals surface area contributed by atoms with Gasteiger partial charge in [0.15, 0.2) is 5.82 Å². The molecule has 3 aliphatic heterocycles. The summed E-state index contributed by atoms with van der Waals surface area (Å²) in [4.78, 5) is 34.5. The Kier molecular flexibility index (Phi) is 9.85. The summed E-state index contributed by atoms with van der Waals surface area (Å²) in [5.74, 6) is -0.204. The van der Waals surface area contributed by atoms with Gasteiger partial charge in [-0.1, -0.05) is 6.58 Å². The molecule has 3 fully saturated rings. The van der Waals surface area contributed by atoms with Crippen molar-refractivity contribution in [1.82, 2.24) is 19.8 Å². The Morgan fingerprint density at radius 3 is 2.49 bits per heavy atom. The fourth-order valence-corrected chi connectivity index (χ4v) is 6.96. The molecule has 4 heterocycles. The van der Waals surface area contributed by atoms with Gasteiger partial charge >= 0.3 is 0 Å². The number of hydrogen-bond acceptors (Lipinski definition) is 10. The first-order valence-corrected chi connectivity index (χ1v) is 16.0. The van der Waals surface area contributed by atoms with Crippen molar-refractivity contribution in [2.24, 2.45) is 0 Å². The molecule has 1 aromatic heterocycles. The maximum atomic E-state index is 14.0. The second kappa shape index (κ2) is 14.2. The Labute approximate surface area is 274 Å². The van der Waals surface area contributed by atoms with Gasteiger partial charge < -0.3 is 25.2 Å². The number of aromatic nitrogens is 2. The predicted molar refractivity (Wildman–Crippen MR) is 178 cm³/mol. The van der Waals surface area contributed by atoms with Crippen molar-refractivity contribution in [3.05, 3.63) is 72.6 Å². The molecule has 2 unspecified atom stereocenters. The summed E-state index contributed by atoms with van der Waals surface area (Å²) in [6.45, 7) is 11.2. The zero-order valence-electron chi connectivity index (χ0n) is 27.1. The second-order valence-corrected chi connectivity index (χ2v) is 12.4. The van der Waals surface area contributed by atoms with Gasteiger partial charge in [-0.15, -0.1) is 0 Å². The third kappa shape index (κ3) is 7.32. The van der Waals surface area contributed by atoms with Crippen LogP contribution in [0.5, 0.6) is 5.75 Å². The Bertz CT molecular complexity index is 1580. The number of nitrogens with one attached hydrogen (secondary N) is 2. The molecule has 2 N–H and O–H groups in total. The highest BCUT2D eigenvalue weighted by molar-refractivity contribution is 6.02. The fraction of sp³-hybridized carbons (Fsp3) is 0.441. The van der Waals surface area contributed by atoms with E-state index in [-0.39, 0.29) is 5.91 Å².